The normalized spacial score (nSPS) is 12.1. The van der Waals surface area contributed by atoms with Crippen molar-refractivity contribution in [1.82, 2.24) is 5.32 Å². The molecule has 6 heteroatoms. The highest BCUT2D eigenvalue weighted by Gasteiger charge is 2.19. The first kappa shape index (κ1) is 20.3. The van der Waals surface area contributed by atoms with Gasteiger partial charge in [-0.05, 0) is 44.0 Å². The minimum absolute atomic E-state index is 0.116. The molecule has 2 aromatic rings. The number of carbonyl (C=O) groups excluding carboxylic acids is 1. The Labute approximate surface area is 159 Å². The number of alkyl carbamates (subject to hydrolysis) is 1. The highest BCUT2D eigenvalue weighted by molar-refractivity contribution is 5.72. The zero-order valence-electron chi connectivity index (χ0n) is 15.8. The van der Waals surface area contributed by atoms with Crippen LogP contribution >= 0.6 is 0 Å². The Kier molecular flexibility index (Phi) is 6.82. The number of amides is 1. The molecule has 0 aliphatic carbocycles. The highest BCUT2D eigenvalue weighted by Crippen LogP contribution is 2.23. The SMILES string of the molecule is CC(C)(C)Oc1ccc(C(CC(=O)O)NC(=O)OCc2ccccc2)cc1. The molecule has 2 N–H and O–H groups in total. The molecular weight excluding hydrogens is 346 g/mol. The summed E-state index contributed by atoms with van der Waals surface area (Å²) in [6.45, 7) is 5.94. The molecule has 2 rings (SSSR count). The molecule has 2 aromatic carbocycles. The van der Waals surface area contributed by atoms with Gasteiger partial charge in [0.2, 0.25) is 0 Å². The van der Waals surface area contributed by atoms with E-state index in [0.717, 1.165) is 5.56 Å². The van der Waals surface area contributed by atoms with Crippen LogP contribution in [0.4, 0.5) is 4.79 Å². The number of ether oxygens (including phenoxy) is 2. The van der Waals surface area contributed by atoms with Gasteiger partial charge in [-0.25, -0.2) is 4.79 Å². The van der Waals surface area contributed by atoms with Crippen LogP contribution in [0.3, 0.4) is 0 Å². The quantitative estimate of drug-likeness (QED) is 0.758. The van der Waals surface area contributed by atoms with E-state index in [4.69, 9.17) is 14.6 Å². The summed E-state index contributed by atoms with van der Waals surface area (Å²) in [6.07, 6.45) is -0.917. The summed E-state index contributed by atoms with van der Waals surface area (Å²) in [7, 11) is 0. The van der Waals surface area contributed by atoms with Gasteiger partial charge in [-0.15, -0.1) is 0 Å². The van der Waals surface area contributed by atoms with Gasteiger partial charge in [0, 0.05) is 0 Å². The Balaban J connectivity index is 2.01. The summed E-state index contributed by atoms with van der Waals surface area (Å²) in [5, 5.41) is 11.8. The largest absolute Gasteiger partial charge is 0.488 e. The van der Waals surface area contributed by atoms with E-state index in [1.807, 2.05) is 51.1 Å². The topological polar surface area (TPSA) is 84.9 Å². The van der Waals surface area contributed by atoms with Gasteiger partial charge in [-0.2, -0.15) is 0 Å². The first-order chi connectivity index (χ1) is 12.7. The molecule has 0 heterocycles. The lowest BCUT2D eigenvalue weighted by molar-refractivity contribution is -0.137. The van der Waals surface area contributed by atoms with E-state index in [0.29, 0.717) is 11.3 Å². The van der Waals surface area contributed by atoms with Crippen molar-refractivity contribution in [3.8, 4) is 5.75 Å². The molecule has 0 radical (unpaired) electrons. The van der Waals surface area contributed by atoms with Crippen molar-refractivity contribution in [3.05, 3.63) is 65.7 Å². The van der Waals surface area contributed by atoms with Crippen LogP contribution in [0.1, 0.15) is 44.4 Å². The minimum Gasteiger partial charge on any atom is -0.488 e. The van der Waals surface area contributed by atoms with Crippen LogP contribution < -0.4 is 10.1 Å². The number of hydrogen-bond acceptors (Lipinski definition) is 4. The Bertz CT molecular complexity index is 750. The van der Waals surface area contributed by atoms with Crippen molar-refractivity contribution in [2.75, 3.05) is 0 Å². The summed E-state index contributed by atoms with van der Waals surface area (Å²) < 4.78 is 10.9. The fourth-order valence-electron chi connectivity index (χ4n) is 2.46. The molecule has 27 heavy (non-hydrogen) atoms. The number of nitrogens with one attached hydrogen (secondary N) is 1. The second-order valence-electron chi connectivity index (χ2n) is 7.14. The van der Waals surface area contributed by atoms with E-state index in [1.54, 1.807) is 24.3 Å². The molecule has 0 aliphatic rings. The standard InChI is InChI=1S/C21H25NO5/c1-21(2,3)27-17-11-9-16(10-12-17)18(13-19(23)24)22-20(25)26-14-15-7-5-4-6-8-15/h4-12,18H,13-14H2,1-3H3,(H,22,25)(H,23,24). The van der Waals surface area contributed by atoms with E-state index in [-0.39, 0.29) is 18.6 Å². The van der Waals surface area contributed by atoms with Gasteiger partial charge in [-0.3, -0.25) is 4.79 Å². The van der Waals surface area contributed by atoms with Gasteiger partial charge in [0.05, 0.1) is 12.5 Å². The van der Waals surface area contributed by atoms with E-state index >= 15 is 0 Å². The Morgan fingerprint density at radius 1 is 1.04 bits per heavy atom. The molecule has 1 unspecified atom stereocenters. The number of rotatable bonds is 7. The van der Waals surface area contributed by atoms with Crippen LogP contribution in [-0.2, 0) is 16.1 Å². The summed E-state index contributed by atoms with van der Waals surface area (Å²) in [4.78, 5) is 23.3. The predicted molar refractivity (Wildman–Crippen MR) is 102 cm³/mol. The van der Waals surface area contributed by atoms with Crippen molar-refractivity contribution >= 4 is 12.1 Å². The van der Waals surface area contributed by atoms with Gasteiger partial charge in [0.15, 0.2) is 0 Å². The fourth-order valence-corrected chi connectivity index (χ4v) is 2.46. The monoisotopic (exact) mass is 371 g/mol. The van der Waals surface area contributed by atoms with Crippen molar-refractivity contribution < 1.29 is 24.2 Å². The summed E-state index contributed by atoms with van der Waals surface area (Å²) in [5.74, 6) is -0.342. The van der Waals surface area contributed by atoms with Gasteiger partial charge in [0.1, 0.15) is 18.0 Å². The van der Waals surface area contributed by atoms with Crippen molar-refractivity contribution in [2.24, 2.45) is 0 Å². The van der Waals surface area contributed by atoms with Crippen LogP contribution in [0.15, 0.2) is 54.6 Å². The first-order valence-corrected chi connectivity index (χ1v) is 8.71. The minimum atomic E-state index is -1.02. The third-order valence-corrected chi connectivity index (χ3v) is 3.59. The molecule has 1 atom stereocenters. The third kappa shape index (κ3) is 7.40. The van der Waals surface area contributed by atoms with E-state index in [9.17, 15) is 9.59 Å². The molecule has 0 aromatic heterocycles. The average molecular weight is 371 g/mol. The number of carbonyl (C=O) groups is 2. The summed E-state index contributed by atoms with van der Waals surface area (Å²) in [5.41, 5.74) is 1.18. The van der Waals surface area contributed by atoms with Crippen molar-refractivity contribution in [3.63, 3.8) is 0 Å². The lowest BCUT2D eigenvalue weighted by atomic mass is 10.0. The van der Waals surface area contributed by atoms with E-state index in [2.05, 4.69) is 5.32 Å². The Morgan fingerprint density at radius 3 is 2.22 bits per heavy atom. The van der Waals surface area contributed by atoms with Gasteiger partial charge in [0.25, 0.3) is 0 Å². The van der Waals surface area contributed by atoms with Crippen LogP contribution in [0.5, 0.6) is 5.75 Å². The first-order valence-electron chi connectivity index (χ1n) is 8.71. The summed E-state index contributed by atoms with van der Waals surface area (Å²) in [6, 6.07) is 15.6. The van der Waals surface area contributed by atoms with Gasteiger partial charge >= 0.3 is 12.1 Å². The maximum atomic E-state index is 12.1. The number of hydrogen-bond donors (Lipinski definition) is 2. The summed E-state index contributed by atoms with van der Waals surface area (Å²) >= 11 is 0. The lowest BCUT2D eigenvalue weighted by Gasteiger charge is -2.22. The lowest BCUT2D eigenvalue weighted by Crippen LogP contribution is -2.30. The molecule has 0 bridgehead atoms. The number of aliphatic carboxylic acids is 1. The molecule has 0 saturated heterocycles. The zero-order chi connectivity index (χ0) is 19.9. The molecule has 0 saturated carbocycles. The van der Waals surface area contributed by atoms with Gasteiger partial charge < -0.3 is 19.9 Å². The molecule has 0 fully saturated rings. The number of carboxylic acid groups (broad SMARTS) is 1. The predicted octanol–water partition coefficient (Wildman–Crippen LogP) is 4.31. The van der Waals surface area contributed by atoms with Crippen molar-refractivity contribution in [1.29, 1.82) is 0 Å². The molecule has 6 nitrogen and oxygen atoms in total. The van der Waals surface area contributed by atoms with Crippen molar-refractivity contribution in [2.45, 2.75) is 45.4 Å². The van der Waals surface area contributed by atoms with Crippen LogP contribution in [0.25, 0.3) is 0 Å². The molecule has 1 amide bonds. The third-order valence-electron chi connectivity index (χ3n) is 3.59. The molecule has 0 spiro atoms. The maximum Gasteiger partial charge on any atom is 0.407 e. The second-order valence-corrected chi connectivity index (χ2v) is 7.14. The van der Waals surface area contributed by atoms with E-state index < -0.39 is 18.1 Å². The molecule has 0 aliphatic heterocycles. The Morgan fingerprint density at radius 2 is 1.67 bits per heavy atom. The molecular formula is C21H25NO5. The van der Waals surface area contributed by atoms with Crippen LogP contribution in [-0.4, -0.2) is 22.8 Å². The maximum absolute atomic E-state index is 12.1. The smallest absolute Gasteiger partial charge is 0.407 e. The van der Waals surface area contributed by atoms with E-state index in [1.165, 1.54) is 0 Å². The van der Waals surface area contributed by atoms with Gasteiger partial charge in [-0.1, -0.05) is 42.5 Å². The molecule has 144 valence electrons. The van der Waals surface area contributed by atoms with Crippen LogP contribution in [0, 0.1) is 0 Å². The zero-order valence-corrected chi connectivity index (χ0v) is 15.8. The van der Waals surface area contributed by atoms with Crippen LogP contribution in [0.2, 0.25) is 0 Å². The number of carboxylic acids is 1. The average Bonchev–Trinajstić information content (AvgIpc) is 2.59. The highest BCUT2D eigenvalue weighted by atomic mass is 16.5. The Hall–Kier alpha value is -3.02. The fraction of sp³-hybridized carbons (Fsp3) is 0.333. The second kappa shape index (κ2) is 9.07. The number of benzene rings is 2.